The molecule has 0 atom stereocenters. The summed E-state index contributed by atoms with van der Waals surface area (Å²) in [5, 5.41) is 18.2. The first-order valence-corrected chi connectivity index (χ1v) is 13.9. The maximum atomic E-state index is 13.2. The highest BCUT2D eigenvalue weighted by Gasteiger charge is 2.28. The first kappa shape index (κ1) is 27.7. The number of methoxy groups -OCH3 is 1. The van der Waals surface area contributed by atoms with E-state index in [2.05, 4.69) is 36.3 Å². The van der Waals surface area contributed by atoms with Gasteiger partial charge in [0.15, 0.2) is 0 Å². The zero-order valence-electron chi connectivity index (χ0n) is 23.5. The number of nitrogens with zero attached hydrogens (tertiary/aromatic N) is 3. The lowest BCUT2D eigenvalue weighted by Crippen LogP contribution is -2.14. The smallest absolute Gasteiger partial charge is 0.354 e. The van der Waals surface area contributed by atoms with Gasteiger partial charge in [0, 0.05) is 51.7 Å². The second-order valence-electron chi connectivity index (χ2n) is 10.0. The van der Waals surface area contributed by atoms with Gasteiger partial charge in [-0.15, -0.1) is 0 Å². The number of aliphatic hydroxyl groups excluding tert-OH is 1. The summed E-state index contributed by atoms with van der Waals surface area (Å²) in [7, 11) is 3.24. The number of carbonyl (C=O) groups is 1. The number of benzene rings is 3. The zero-order chi connectivity index (χ0) is 28.6. The Balaban J connectivity index is 1.57. The Morgan fingerprint density at radius 1 is 1.10 bits per heavy atom. The van der Waals surface area contributed by atoms with Crippen molar-refractivity contribution in [3.8, 4) is 16.9 Å². The van der Waals surface area contributed by atoms with Crippen molar-refractivity contribution in [2.24, 2.45) is 7.05 Å². The maximum absolute atomic E-state index is 13.2. The average Bonchev–Trinajstić information content (AvgIpc) is 3.43. The lowest BCUT2D eigenvalue weighted by molar-refractivity contribution is 0.0587. The topological polar surface area (TPSA) is 78.5 Å². The molecule has 5 rings (SSSR count). The first-order chi connectivity index (χ1) is 19.3. The van der Waals surface area contributed by atoms with Crippen LogP contribution in [0.5, 0.6) is 5.75 Å². The third-order valence-corrected chi connectivity index (χ3v) is 7.89. The van der Waals surface area contributed by atoms with Gasteiger partial charge in [-0.25, -0.2) is 4.79 Å². The predicted octanol–water partition coefficient (Wildman–Crippen LogP) is 6.78. The van der Waals surface area contributed by atoms with Crippen LogP contribution in [0.25, 0.3) is 32.8 Å². The molecule has 0 amide bonds. The van der Waals surface area contributed by atoms with E-state index in [1.54, 1.807) is 4.68 Å². The molecule has 0 fully saturated rings. The number of rotatable bonds is 9. The fourth-order valence-corrected chi connectivity index (χ4v) is 5.96. The van der Waals surface area contributed by atoms with Gasteiger partial charge in [0.1, 0.15) is 11.4 Å². The van der Waals surface area contributed by atoms with E-state index in [1.165, 1.54) is 7.11 Å². The van der Waals surface area contributed by atoms with Crippen LogP contribution in [-0.2, 0) is 31.4 Å². The molecule has 0 bridgehead atoms. The summed E-state index contributed by atoms with van der Waals surface area (Å²) in [6, 6.07) is 16.2. The molecular weight excluding hydrogens is 526 g/mol. The van der Waals surface area contributed by atoms with Crippen LogP contribution >= 0.6 is 11.6 Å². The van der Waals surface area contributed by atoms with E-state index in [4.69, 9.17) is 21.1 Å². The van der Waals surface area contributed by atoms with Gasteiger partial charge in [-0.1, -0.05) is 48.9 Å². The average molecular weight is 560 g/mol. The van der Waals surface area contributed by atoms with Crippen molar-refractivity contribution in [2.75, 3.05) is 13.7 Å². The molecule has 0 aliphatic heterocycles. The molecule has 5 aromatic rings. The molecule has 0 saturated carbocycles. The molecule has 2 heterocycles. The SMILES string of the molecule is CCc1c(C(=O)OC)n(CCCOc2cc(C)cc3ccccc23)c2ccc(Cl)c(-c3c(CO)nn(C)c3C)c12. The van der Waals surface area contributed by atoms with Gasteiger partial charge in [-0.05, 0) is 61.4 Å². The van der Waals surface area contributed by atoms with Gasteiger partial charge in [-0.2, -0.15) is 5.10 Å². The van der Waals surface area contributed by atoms with Crippen LogP contribution in [0.3, 0.4) is 0 Å². The summed E-state index contributed by atoms with van der Waals surface area (Å²) in [6.45, 7) is 6.84. The number of hydrogen-bond acceptors (Lipinski definition) is 5. The monoisotopic (exact) mass is 559 g/mol. The van der Waals surface area contributed by atoms with Crippen LogP contribution in [0, 0.1) is 13.8 Å². The van der Waals surface area contributed by atoms with Crippen LogP contribution in [-0.4, -0.2) is 39.1 Å². The molecule has 8 heteroatoms. The summed E-state index contributed by atoms with van der Waals surface area (Å²) in [5.74, 6) is 0.457. The second kappa shape index (κ2) is 11.4. The van der Waals surface area contributed by atoms with Crippen molar-refractivity contribution in [1.82, 2.24) is 14.3 Å². The quantitative estimate of drug-likeness (QED) is 0.159. The summed E-state index contributed by atoms with van der Waals surface area (Å²) >= 11 is 6.84. The van der Waals surface area contributed by atoms with Gasteiger partial charge < -0.3 is 19.1 Å². The van der Waals surface area contributed by atoms with Crippen LogP contribution < -0.4 is 4.74 Å². The minimum absolute atomic E-state index is 0.221. The molecule has 0 spiro atoms. The lowest BCUT2D eigenvalue weighted by Gasteiger charge is -2.13. The van der Waals surface area contributed by atoms with Crippen molar-refractivity contribution in [3.63, 3.8) is 0 Å². The highest BCUT2D eigenvalue weighted by Crippen LogP contribution is 2.43. The highest BCUT2D eigenvalue weighted by atomic mass is 35.5. The van der Waals surface area contributed by atoms with Crippen molar-refractivity contribution in [3.05, 3.63) is 81.8 Å². The lowest BCUT2D eigenvalue weighted by atomic mass is 9.95. The summed E-state index contributed by atoms with van der Waals surface area (Å²) in [6.07, 6.45) is 1.27. The Hall–Kier alpha value is -3.81. The van der Waals surface area contributed by atoms with Crippen LogP contribution in [0.4, 0.5) is 0 Å². The number of aliphatic hydroxyl groups is 1. The van der Waals surface area contributed by atoms with Crippen LogP contribution in [0.1, 0.15) is 46.3 Å². The minimum atomic E-state index is -0.397. The van der Waals surface area contributed by atoms with Crippen molar-refractivity contribution in [1.29, 1.82) is 0 Å². The van der Waals surface area contributed by atoms with Gasteiger partial charge in [0.25, 0.3) is 0 Å². The molecule has 3 aromatic carbocycles. The van der Waals surface area contributed by atoms with Gasteiger partial charge in [0.2, 0.25) is 0 Å². The third-order valence-electron chi connectivity index (χ3n) is 7.57. The number of ether oxygens (including phenoxy) is 2. The van der Waals surface area contributed by atoms with E-state index in [0.29, 0.717) is 42.4 Å². The van der Waals surface area contributed by atoms with E-state index in [9.17, 15) is 9.90 Å². The first-order valence-electron chi connectivity index (χ1n) is 13.5. The normalized spacial score (nSPS) is 11.5. The molecule has 208 valence electrons. The van der Waals surface area contributed by atoms with E-state index in [0.717, 1.165) is 55.4 Å². The number of carbonyl (C=O) groups excluding carboxylic acids is 1. The number of aromatic nitrogens is 3. The molecule has 1 N–H and O–H groups in total. The molecule has 0 saturated heterocycles. The molecule has 40 heavy (non-hydrogen) atoms. The third kappa shape index (κ3) is 4.73. The molecule has 0 unspecified atom stereocenters. The predicted molar refractivity (Wildman–Crippen MR) is 159 cm³/mol. The van der Waals surface area contributed by atoms with Crippen LogP contribution in [0.15, 0.2) is 48.5 Å². The van der Waals surface area contributed by atoms with E-state index >= 15 is 0 Å². The number of fused-ring (bicyclic) bond motifs is 2. The van der Waals surface area contributed by atoms with Gasteiger partial charge >= 0.3 is 5.97 Å². The Labute approximate surface area is 238 Å². The Kier molecular flexibility index (Phi) is 7.88. The van der Waals surface area contributed by atoms with E-state index in [-0.39, 0.29) is 6.61 Å². The van der Waals surface area contributed by atoms with Crippen molar-refractivity contribution < 1.29 is 19.4 Å². The number of esters is 1. The fourth-order valence-electron chi connectivity index (χ4n) is 5.70. The van der Waals surface area contributed by atoms with Crippen molar-refractivity contribution >= 4 is 39.2 Å². The number of halogens is 1. The standard InChI is InChI=1S/C32H34ClN3O4/c1-6-22-29-26(13-12-24(33)30(29)28-20(3)35(4)34-25(28)18-37)36(31(22)32(38)39-5)14-9-15-40-27-17-19(2)16-21-10-7-8-11-23(21)27/h7-8,10-13,16-17,37H,6,9,14-15,18H2,1-5H3. The summed E-state index contributed by atoms with van der Waals surface area (Å²) in [5.41, 5.74) is 6.38. The second-order valence-corrected chi connectivity index (χ2v) is 10.4. The fraction of sp³-hybridized carbons (Fsp3) is 0.312. The number of hydrogen-bond donors (Lipinski definition) is 1. The zero-order valence-corrected chi connectivity index (χ0v) is 24.3. The Bertz CT molecular complexity index is 1730. The van der Waals surface area contributed by atoms with Gasteiger partial charge in [-0.3, -0.25) is 4.68 Å². The molecule has 7 nitrogen and oxygen atoms in total. The van der Waals surface area contributed by atoms with E-state index in [1.807, 2.05) is 49.7 Å². The maximum Gasteiger partial charge on any atom is 0.354 e. The Morgan fingerprint density at radius 2 is 1.88 bits per heavy atom. The van der Waals surface area contributed by atoms with Crippen LogP contribution in [0.2, 0.25) is 5.02 Å². The van der Waals surface area contributed by atoms with E-state index < -0.39 is 5.97 Å². The summed E-state index contributed by atoms with van der Waals surface area (Å²) < 4.78 is 15.3. The highest BCUT2D eigenvalue weighted by molar-refractivity contribution is 6.35. The molecular formula is C32H34ClN3O4. The number of aryl methyl sites for hydroxylation is 4. The van der Waals surface area contributed by atoms with Crippen molar-refractivity contribution in [2.45, 2.75) is 46.8 Å². The van der Waals surface area contributed by atoms with Gasteiger partial charge in [0.05, 0.1) is 26.0 Å². The molecule has 0 aliphatic carbocycles. The Morgan fingerprint density at radius 3 is 2.60 bits per heavy atom. The minimum Gasteiger partial charge on any atom is -0.493 e. The summed E-state index contributed by atoms with van der Waals surface area (Å²) in [4.78, 5) is 13.2. The molecule has 2 aromatic heterocycles. The molecule has 0 aliphatic rings. The largest absolute Gasteiger partial charge is 0.493 e. The molecule has 0 radical (unpaired) electrons.